The van der Waals surface area contributed by atoms with E-state index in [1.54, 1.807) is 12.1 Å². The number of urea groups is 1. The Kier molecular flexibility index (Phi) is 5.10. The molecule has 2 aromatic carbocycles. The Labute approximate surface area is 163 Å². The first kappa shape index (κ1) is 18.2. The van der Waals surface area contributed by atoms with Crippen molar-refractivity contribution in [3.05, 3.63) is 71.2 Å². The minimum Gasteiger partial charge on any atom is -0.369 e. The molecule has 2 saturated heterocycles. The van der Waals surface area contributed by atoms with Crippen LogP contribution < -0.4 is 10.2 Å². The predicted octanol–water partition coefficient (Wildman–Crippen LogP) is 3.91. The highest BCUT2D eigenvalue weighted by Crippen LogP contribution is 2.25. The van der Waals surface area contributed by atoms with Gasteiger partial charge >= 0.3 is 6.03 Å². The van der Waals surface area contributed by atoms with Crippen molar-refractivity contribution in [2.24, 2.45) is 0 Å². The number of nitrogens with zero attached hydrogens (tertiary/aromatic N) is 2. The van der Waals surface area contributed by atoms with Gasteiger partial charge in [-0.1, -0.05) is 36.4 Å². The van der Waals surface area contributed by atoms with E-state index in [1.165, 1.54) is 18.6 Å². The standard InChI is InChI=1S/C22H22FN3O2/c23-18-13-17(9-10-20(18)25-11-5-2-6-12-25)14-19-21(27)26(22(28)24-19)15-16-7-3-1-4-8-16/h1,3-4,7-10,13-14H,2,5-6,11-12,15H2,(H,24,28)/b19-14+. The van der Waals surface area contributed by atoms with Crippen molar-refractivity contribution in [1.82, 2.24) is 10.2 Å². The van der Waals surface area contributed by atoms with Gasteiger partial charge < -0.3 is 10.2 Å². The Balaban J connectivity index is 1.51. The van der Waals surface area contributed by atoms with Crippen molar-refractivity contribution in [2.75, 3.05) is 18.0 Å². The second kappa shape index (κ2) is 7.84. The van der Waals surface area contributed by atoms with Gasteiger partial charge in [0.1, 0.15) is 11.5 Å². The maximum Gasteiger partial charge on any atom is 0.329 e. The molecular formula is C22H22FN3O2. The fourth-order valence-corrected chi connectivity index (χ4v) is 3.65. The summed E-state index contributed by atoms with van der Waals surface area (Å²) in [5.41, 5.74) is 2.16. The maximum absolute atomic E-state index is 14.6. The Morgan fingerprint density at radius 1 is 1.00 bits per heavy atom. The van der Waals surface area contributed by atoms with Crippen LogP contribution in [-0.2, 0) is 11.3 Å². The van der Waals surface area contributed by atoms with Gasteiger partial charge in [0.2, 0.25) is 0 Å². The van der Waals surface area contributed by atoms with Gasteiger partial charge in [-0.2, -0.15) is 0 Å². The third-order valence-electron chi connectivity index (χ3n) is 5.13. The molecule has 6 heteroatoms. The van der Waals surface area contributed by atoms with Crippen LogP contribution >= 0.6 is 0 Å². The van der Waals surface area contributed by atoms with E-state index < -0.39 is 11.9 Å². The molecular weight excluding hydrogens is 357 g/mol. The minimum absolute atomic E-state index is 0.158. The molecule has 5 nitrogen and oxygen atoms in total. The molecule has 2 aliphatic rings. The van der Waals surface area contributed by atoms with Crippen LogP contribution in [0.15, 0.2) is 54.2 Å². The molecule has 144 valence electrons. The molecule has 0 spiro atoms. The summed E-state index contributed by atoms with van der Waals surface area (Å²) in [6.45, 7) is 1.92. The number of nitrogens with one attached hydrogen (secondary N) is 1. The lowest BCUT2D eigenvalue weighted by molar-refractivity contribution is -0.123. The summed E-state index contributed by atoms with van der Waals surface area (Å²) in [5, 5.41) is 2.59. The van der Waals surface area contributed by atoms with E-state index in [-0.39, 0.29) is 18.1 Å². The van der Waals surface area contributed by atoms with E-state index in [2.05, 4.69) is 10.2 Å². The molecule has 0 radical (unpaired) electrons. The minimum atomic E-state index is -0.467. The number of carbonyl (C=O) groups excluding carboxylic acids is 2. The lowest BCUT2D eigenvalue weighted by atomic mass is 10.1. The largest absolute Gasteiger partial charge is 0.369 e. The first-order valence-corrected chi connectivity index (χ1v) is 9.55. The third kappa shape index (κ3) is 3.76. The smallest absolute Gasteiger partial charge is 0.329 e. The first-order valence-electron chi connectivity index (χ1n) is 9.55. The fraction of sp³-hybridized carbons (Fsp3) is 0.273. The highest BCUT2D eigenvalue weighted by molar-refractivity contribution is 6.13. The van der Waals surface area contributed by atoms with Crippen LogP contribution in [0.3, 0.4) is 0 Å². The van der Waals surface area contributed by atoms with Crippen molar-refractivity contribution < 1.29 is 14.0 Å². The molecule has 0 bridgehead atoms. The van der Waals surface area contributed by atoms with Crippen LogP contribution in [0.4, 0.5) is 14.9 Å². The van der Waals surface area contributed by atoms with Crippen LogP contribution in [0, 0.1) is 5.82 Å². The van der Waals surface area contributed by atoms with E-state index in [1.807, 2.05) is 30.3 Å². The molecule has 0 atom stereocenters. The Hall–Kier alpha value is -3.15. The molecule has 4 rings (SSSR count). The molecule has 1 N–H and O–H groups in total. The maximum atomic E-state index is 14.6. The molecule has 2 heterocycles. The molecule has 28 heavy (non-hydrogen) atoms. The summed E-state index contributed by atoms with van der Waals surface area (Å²) in [6.07, 6.45) is 4.85. The van der Waals surface area contributed by atoms with Gasteiger partial charge in [-0.25, -0.2) is 9.18 Å². The highest BCUT2D eigenvalue weighted by Gasteiger charge is 2.33. The lowest BCUT2D eigenvalue weighted by Gasteiger charge is -2.29. The quantitative estimate of drug-likeness (QED) is 0.647. The Bertz CT molecular complexity index is 921. The summed E-state index contributed by atoms with van der Waals surface area (Å²) >= 11 is 0. The summed E-state index contributed by atoms with van der Waals surface area (Å²) in [4.78, 5) is 28.0. The van der Waals surface area contributed by atoms with Crippen molar-refractivity contribution >= 4 is 23.7 Å². The number of piperidine rings is 1. The molecule has 2 fully saturated rings. The molecule has 0 aromatic heterocycles. The van der Waals surface area contributed by atoms with Crippen molar-refractivity contribution in [3.8, 4) is 0 Å². The van der Waals surface area contributed by atoms with Crippen molar-refractivity contribution in [2.45, 2.75) is 25.8 Å². The molecule has 2 aliphatic heterocycles. The summed E-state index contributed by atoms with van der Waals surface area (Å²) in [5.74, 6) is -0.719. The number of hydrogen-bond acceptors (Lipinski definition) is 3. The van der Waals surface area contributed by atoms with E-state index in [0.717, 1.165) is 36.4 Å². The second-order valence-electron chi connectivity index (χ2n) is 7.12. The number of imide groups is 1. The van der Waals surface area contributed by atoms with Gasteiger partial charge in [0.25, 0.3) is 5.91 Å². The SMILES string of the molecule is O=C1N/C(=C/c2ccc(N3CCCCC3)c(F)c2)C(=O)N1Cc1ccccc1. The average Bonchev–Trinajstić information content (AvgIpc) is 2.97. The van der Waals surface area contributed by atoms with E-state index in [0.29, 0.717) is 11.3 Å². The zero-order valence-corrected chi connectivity index (χ0v) is 15.5. The van der Waals surface area contributed by atoms with Gasteiger partial charge in [0.05, 0.1) is 12.2 Å². The number of benzene rings is 2. The van der Waals surface area contributed by atoms with Gasteiger partial charge in [-0.05, 0) is 48.6 Å². The zero-order valence-electron chi connectivity index (χ0n) is 15.5. The van der Waals surface area contributed by atoms with Crippen LogP contribution in [0.2, 0.25) is 0 Å². The normalized spacial score (nSPS) is 18.7. The molecule has 0 aliphatic carbocycles. The van der Waals surface area contributed by atoms with Gasteiger partial charge in [-0.15, -0.1) is 0 Å². The number of rotatable bonds is 4. The topological polar surface area (TPSA) is 52.7 Å². The Morgan fingerprint density at radius 3 is 2.46 bits per heavy atom. The van der Waals surface area contributed by atoms with Crippen LogP contribution in [0.1, 0.15) is 30.4 Å². The van der Waals surface area contributed by atoms with E-state index >= 15 is 0 Å². The number of amides is 3. The predicted molar refractivity (Wildman–Crippen MR) is 106 cm³/mol. The van der Waals surface area contributed by atoms with Crippen molar-refractivity contribution in [1.29, 1.82) is 0 Å². The van der Waals surface area contributed by atoms with Crippen LogP contribution in [0.5, 0.6) is 0 Å². The second-order valence-corrected chi connectivity index (χ2v) is 7.12. The van der Waals surface area contributed by atoms with Crippen LogP contribution in [-0.4, -0.2) is 29.9 Å². The van der Waals surface area contributed by atoms with Crippen LogP contribution in [0.25, 0.3) is 6.08 Å². The van der Waals surface area contributed by atoms with E-state index in [4.69, 9.17) is 0 Å². The van der Waals surface area contributed by atoms with Gasteiger partial charge in [0, 0.05) is 13.1 Å². The molecule has 2 aromatic rings. The summed E-state index contributed by atoms with van der Waals surface area (Å²) in [6, 6.07) is 13.8. The van der Waals surface area contributed by atoms with E-state index in [9.17, 15) is 14.0 Å². The van der Waals surface area contributed by atoms with Crippen molar-refractivity contribution in [3.63, 3.8) is 0 Å². The lowest BCUT2D eigenvalue weighted by Crippen LogP contribution is -2.30. The molecule has 0 unspecified atom stereocenters. The number of anilines is 1. The highest BCUT2D eigenvalue weighted by atomic mass is 19.1. The third-order valence-corrected chi connectivity index (χ3v) is 5.13. The summed E-state index contributed by atoms with van der Waals surface area (Å²) < 4.78 is 14.6. The van der Waals surface area contributed by atoms with Gasteiger partial charge in [-0.3, -0.25) is 9.69 Å². The molecule has 0 saturated carbocycles. The molecule has 3 amide bonds. The monoisotopic (exact) mass is 379 g/mol. The average molecular weight is 379 g/mol. The number of halogens is 1. The number of hydrogen-bond donors (Lipinski definition) is 1. The summed E-state index contributed by atoms with van der Waals surface area (Å²) in [7, 11) is 0. The fourth-order valence-electron chi connectivity index (χ4n) is 3.65. The Morgan fingerprint density at radius 2 is 1.75 bits per heavy atom. The number of carbonyl (C=O) groups is 2. The van der Waals surface area contributed by atoms with Gasteiger partial charge in [0.15, 0.2) is 0 Å². The zero-order chi connectivity index (χ0) is 19.5. The first-order chi connectivity index (χ1) is 13.6.